The van der Waals surface area contributed by atoms with Gasteiger partial charge in [0, 0.05) is 36.6 Å². The summed E-state index contributed by atoms with van der Waals surface area (Å²) in [5, 5.41) is 5.55. The number of esters is 1. The van der Waals surface area contributed by atoms with E-state index >= 15 is 0 Å². The van der Waals surface area contributed by atoms with E-state index in [1.54, 1.807) is 6.92 Å². The normalized spacial score (nSPS) is 16.7. The number of benzene rings is 1. The predicted molar refractivity (Wildman–Crippen MR) is 127 cm³/mol. The molecule has 32 heavy (non-hydrogen) atoms. The Hall–Kier alpha value is -1.65. The lowest BCUT2D eigenvalue weighted by Gasteiger charge is -2.33. The average Bonchev–Trinajstić information content (AvgIpc) is 3.21. The van der Waals surface area contributed by atoms with Crippen molar-refractivity contribution in [3.63, 3.8) is 0 Å². The maximum Gasteiger partial charge on any atom is 0.311 e. The van der Waals surface area contributed by atoms with E-state index in [-0.39, 0.29) is 30.2 Å². The first-order chi connectivity index (χ1) is 15.4. The summed E-state index contributed by atoms with van der Waals surface area (Å²) in [6.07, 6.45) is 0.108. The van der Waals surface area contributed by atoms with E-state index in [9.17, 15) is 9.59 Å². The lowest BCUT2D eigenvalue weighted by Crippen LogP contribution is -2.47. The van der Waals surface area contributed by atoms with Crippen LogP contribution < -0.4 is 5.32 Å². The number of nitrogens with one attached hydrogen (secondary N) is 1. The largest absolute Gasteiger partial charge is 0.466 e. The molecule has 1 atom stereocenters. The van der Waals surface area contributed by atoms with Gasteiger partial charge in [0.25, 0.3) is 0 Å². The molecule has 0 saturated carbocycles. The molecule has 0 unspecified atom stereocenters. The topological polar surface area (TPSA) is 80.8 Å². The third-order valence-corrected chi connectivity index (χ3v) is 7.36. The molecule has 1 amide bonds. The van der Waals surface area contributed by atoms with Crippen LogP contribution in [0, 0.1) is 6.92 Å². The zero-order valence-corrected chi connectivity index (χ0v) is 20.7. The smallest absolute Gasteiger partial charge is 0.311 e. The minimum Gasteiger partial charge on any atom is -0.466 e. The fraction of sp³-hybridized carbons (Fsp3) is 0.500. The highest BCUT2D eigenvalue weighted by Crippen LogP contribution is 2.23. The van der Waals surface area contributed by atoms with Crippen molar-refractivity contribution in [3.05, 3.63) is 45.4 Å². The number of rotatable bonds is 10. The van der Waals surface area contributed by atoms with Gasteiger partial charge in [0.05, 0.1) is 37.2 Å². The van der Waals surface area contributed by atoms with E-state index < -0.39 is 0 Å². The molecule has 10 heteroatoms. The van der Waals surface area contributed by atoms with Crippen molar-refractivity contribution in [1.29, 1.82) is 0 Å². The van der Waals surface area contributed by atoms with E-state index in [1.807, 2.05) is 24.4 Å². The van der Waals surface area contributed by atoms with Crippen LogP contribution in [-0.2, 0) is 32.0 Å². The highest BCUT2D eigenvalue weighted by molar-refractivity contribution is 8.01. The molecule has 0 aliphatic carbocycles. The van der Waals surface area contributed by atoms with Crippen molar-refractivity contribution in [2.24, 2.45) is 0 Å². The molecule has 1 aromatic heterocycles. The number of hydrogen-bond donors (Lipinski definition) is 1. The van der Waals surface area contributed by atoms with E-state index in [0.29, 0.717) is 25.5 Å². The van der Waals surface area contributed by atoms with Crippen LogP contribution in [0.1, 0.15) is 23.7 Å². The van der Waals surface area contributed by atoms with E-state index in [0.717, 1.165) is 34.6 Å². The molecule has 1 N–H and O–H groups in total. The first kappa shape index (κ1) is 25.0. The van der Waals surface area contributed by atoms with Gasteiger partial charge in [-0.1, -0.05) is 35.5 Å². The van der Waals surface area contributed by atoms with Gasteiger partial charge in [-0.3, -0.25) is 14.5 Å². The highest BCUT2D eigenvalue weighted by atomic mass is 35.5. The number of amides is 1. The molecular weight excluding hydrogens is 470 g/mol. The monoisotopic (exact) mass is 497 g/mol. The SMILES string of the molecule is CCOC(=O)Cc1csc(SCC(=O)NC[C@H]2CN(Cc3ccc(C)c(Cl)c3)CCO2)n1. The van der Waals surface area contributed by atoms with Gasteiger partial charge < -0.3 is 14.8 Å². The number of morpholine rings is 1. The van der Waals surface area contributed by atoms with Crippen LogP contribution in [0.25, 0.3) is 0 Å². The first-order valence-corrected chi connectivity index (χ1v) is 12.8. The van der Waals surface area contributed by atoms with Crippen LogP contribution in [0.15, 0.2) is 27.9 Å². The zero-order chi connectivity index (χ0) is 22.9. The van der Waals surface area contributed by atoms with Crippen LogP contribution >= 0.6 is 34.7 Å². The first-order valence-electron chi connectivity index (χ1n) is 10.5. The molecule has 1 aromatic carbocycles. The summed E-state index contributed by atoms with van der Waals surface area (Å²) in [6.45, 7) is 7.64. The summed E-state index contributed by atoms with van der Waals surface area (Å²) in [7, 11) is 0. The maximum absolute atomic E-state index is 12.3. The number of aryl methyl sites for hydroxylation is 1. The van der Waals surface area contributed by atoms with Crippen molar-refractivity contribution >= 4 is 46.6 Å². The van der Waals surface area contributed by atoms with Crippen LogP contribution in [0.4, 0.5) is 0 Å². The van der Waals surface area contributed by atoms with Crippen LogP contribution in [-0.4, -0.2) is 66.5 Å². The maximum atomic E-state index is 12.3. The number of thiazole rings is 1. The van der Waals surface area contributed by atoms with Crippen LogP contribution in [0.5, 0.6) is 0 Å². The Morgan fingerprint density at radius 1 is 1.44 bits per heavy atom. The number of hydrogen-bond acceptors (Lipinski definition) is 8. The van der Waals surface area contributed by atoms with Crippen molar-refractivity contribution in [2.45, 2.75) is 37.3 Å². The third-order valence-electron chi connectivity index (χ3n) is 4.88. The number of carbonyl (C=O) groups excluding carboxylic acids is 2. The quantitative estimate of drug-likeness (QED) is 0.398. The molecule has 2 aromatic rings. The third kappa shape index (κ3) is 8.04. The van der Waals surface area contributed by atoms with Crippen LogP contribution in [0.2, 0.25) is 5.02 Å². The number of carbonyl (C=O) groups is 2. The molecule has 1 fully saturated rings. The van der Waals surface area contributed by atoms with Gasteiger partial charge in [-0.15, -0.1) is 11.3 Å². The van der Waals surface area contributed by atoms with Gasteiger partial charge in [-0.2, -0.15) is 0 Å². The van der Waals surface area contributed by atoms with Crippen molar-refractivity contribution in [2.75, 3.05) is 38.6 Å². The predicted octanol–water partition coefficient (Wildman–Crippen LogP) is 3.32. The fourth-order valence-corrected chi connectivity index (χ4v) is 5.12. The second kappa shape index (κ2) is 12.6. The number of ether oxygens (including phenoxy) is 2. The van der Waals surface area contributed by atoms with Gasteiger partial charge in [-0.05, 0) is 31.0 Å². The molecule has 3 rings (SSSR count). The van der Waals surface area contributed by atoms with Gasteiger partial charge in [0.2, 0.25) is 5.91 Å². The molecule has 0 bridgehead atoms. The molecule has 1 saturated heterocycles. The molecule has 174 valence electrons. The lowest BCUT2D eigenvalue weighted by molar-refractivity contribution is -0.142. The Morgan fingerprint density at radius 3 is 3.06 bits per heavy atom. The standard InChI is InChI=1S/C22H28ClN3O4S2/c1-3-29-21(28)9-17-13-31-22(25-17)32-14-20(27)24-10-18-12-26(6-7-30-18)11-16-5-4-15(2)19(23)8-16/h4-5,8,13,18H,3,6-7,9-12,14H2,1-2H3,(H,24,27)/t18-/m0/s1. The summed E-state index contributed by atoms with van der Waals surface area (Å²) in [5.74, 6) is -0.0905. The molecular formula is C22H28ClN3O4S2. The fourth-order valence-electron chi connectivity index (χ4n) is 3.24. The minimum atomic E-state index is -0.293. The van der Waals surface area contributed by atoms with Crippen molar-refractivity contribution in [1.82, 2.24) is 15.2 Å². The molecule has 0 spiro atoms. The summed E-state index contributed by atoms with van der Waals surface area (Å²) in [6, 6.07) is 6.15. The zero-order valence-electron chi connectivity index (χ0n) is 18.3. The lowest BCUT2D eigenvalue weighted by atomic mass is 10.1. The second-order valence-corrected chi connectivity index (χ2v) is 9.98. The van der Waals surface area contributed by atoms with Crippen molar-refractivity contribution < 1.29 is 19.1 Å². The number of nitrogens with zero attached hydrogens (tertiary/aromatic N) is 2. The highest BCUT2D eigenvalue weighted by Gasteiger charge is 2.21. The molecule has 1 aliphatic rings. The Labute approximate surface area is 201 Å². The summed E-state index contributed by atoms with van der Waals surface area (Å²) >= 11 is 9.02. The molecule has 2 heterocycles. The molecule has 0 radical (unpaired) electrons. The number of thioether (sulfide) groups is 1. The number of halogens is 1. The number of aromatic nitrogens is 1. The average molecular weight is 498 g/mol. The second-order valence-electron chi connectivity index (χ2n) is 7.49. The van der Waals surface area contributed by atoms with Crippen molar-refractivity contribution in [3.8, 4) is 0 Å². The molecule has 7 nitrogen and oxygen atoms in total. The molecule has 1 aliphatic heterocycles. The van der Waals surface area contributed by atoms with E-state index in [1.165, 1.54) is 28.7 Å². The Balaban J connectivity index is 1.37. The Bertz CT molecular complexity index is 924. The summed E-state index contributed by atoms with van der Waals surface area (Å²) in [4.78, 5) is 30.5. The van der Waals surface area contributed by atoms with Gasteiger partial charge in [0.15, 0.2) is 4.34 Å². The Morgan fingerprint density at radius 2 is 2.28 bits per heavy atom. The van der Waals surface area contributed by atoms with Gasteiger partial charge in [0.1, 0.15) is 0 Å². The van der Waals surface area contributed by atoms with E-state index in [4.69, 9.17) is 21.1 Å². The summed E-state index contributed by atoms with van der Waals surface area (Å²) in [5.41, 5.74) is 2.92. The van der Waals surface area contributed by atoms with Crippen LogP contribution in [0.3, 0.4) is 0 Å². The Kier molecular flexibility index (Phi) is 9.80. The minimum absolute atomic E-state index is 0.0466. The van der Waals surface area contributed by atoms with Gasteiger partial charge >= 0.3 is 5.97 Å². The van der Waals surface area contributed by atoms with Gasteiger partial charge in [-0.25, -0.2) is 4.98 Å². The summed E-state index contributed by atoms with van der Waals surface area (Å²) < 4.78 is 11.5. The van der Waals surface area contributed by atoms with E-state index in [2.05, 4.69) is 21.3 Å².